The van der Waals surface area contributed by atoms with Gasteiger partial charge < -0.3 is 19.9 Å². The maximum atomic E-state index is 5.95. The van der Waals surface area contributed by atoms with Crippen molar-refractivity contribution in [3.8, 4) is 29.1 Å². The zero-order chi connectivity index (χ0) is 16.1. The largest absolute Gasteiger partial charge is 0.493 e. The molecule has 0 saturated heterocycles. The molecule has 2 rings (SSSR count). The number of benzene rings is 2. The predicted molar refractivity (Wildman–Crippen MR) is 87.9 cm³/mol. The van der Waals surface area contributed by atoms with Gasteiger partial charge in [-0.15, -0.1) is 0 Å². The molecule has 2 aromatic carbocycles. The number of hydrogen-bond acceptors (Lipinski definition) is 4. The molecule has 0 unspecified atom stereocenters. The first-order valence-electron chi connectivity index (χ1n) is 6.46. The molecule has 0 fully saturated rings. The SMILES string of the molecule is COc1cc(C#Cc2cc(Cl)ccc2N)cc(OC)c1OC. The van der Waals surface area contributed by atoms with Crippen molar-refractivity contribution in [3.05, 3.63) is 46.5 Å². The van der Waals surface area contributed by atoms with Gasteiger partial charge >= 0.3 is 0 Å². The first-order valence-corrected chi connectivity index (χ1v) is 6.84. The topological polar surface area (TPSA) is 53.7 Å². The van der Waals surface area contributed by atoms with Crippen molar-refractivity contribution in [2.45, 2.75) is 0 Å². The Labute approximate surface area is 134 Å². The van der Waals surface area contributed by atoms with Gasteiger partial charge in [-0.1, -0.05) is 23.4 Å². The molecule has 0 aliphatic rings. The maximum absolute atomic E-state index is 5.95. The van der Waals surface area contributed by atoms with E-state index in [2.05, 4.69) is 11.8 Å². The Morgan fingerprint density at radius 1 is 0.909 bits per heavy atom. The molecule has 0 aromatic heterocycles. The van der Waals surface area contributed by atoms with Crippen molar-refractivity contribution in [3.63, 3.8) is 0 Å². The highest BCUT2D eigenvalue weighted by Gasteiger charge is 2.12. The average Bonchev–Trinajstić information content (AvgIpc) is 2.54. The van der Waals surface area contributed by atoms with Gasteiger partial charge in [0.05, 0.1) is 21.3 Å². The summed E-state index contributed by atoms with van der Waals surface area (Å²) in [5.74, 6) is 7.64. The second-order valence-electron chi connectivity index (χ2n) is 4.40. The van der Waals surface area contributed by atoms with E-state index >= 15 is 0 Å². The molecule has 4 nitrogen and oxygen atoms in total. The number of nitrogens with two attached hydrogens (primary N) is 1. The summed E-state index contributed by atoms with van der Waals surface area (Å²) in [5, 5.41) is 0.586. The van der Waals surface area contributed by atoms with Crippen LogP contribution in [0.5, 0.6) is 17.2 Å². The van der Waals surface area contributed by atoms with E-state index in [0.717, 1.165) is 0 Å². The summed E-state index contributed by atoms with van der Waals surface area (Å²) in [6.07, 6.45) is 0. The van der Waals surface area contributed by atoms with Crippen LogP contribution < -0.4 is 19.9 Å². The van der Waals surface area contributed by atoms with Crippen LogP contribution in [0.25, 0.3) is 0 Å². The zero-order valence-electron chi connectivity index (χ0n) is 12.6. The van der Waals surface area contributed by atoms with Gasteiger partial charge in [-0.05, 0) is 30.3 Å². The number of halogens is 1. The Morgan fingerprint density at radius 2 is 1.55 bits per heavy atom. The highest BCUT2D eigenvalue weighted by molar-refractivity contribution is 6.30. The van der Waals surface area contributed by atoms with Crippen LogP contribution in [-0.4, -0.2) is 21.3 Å². The fraction of sp³-hybridized carbons (Fsp3) is 0.176. The molecule has 0 heterocycles. The van der Waals surface area contributed by atoms with Crippen LogP contribution in [0.2, 0.25) is 5.02 Å². The molecule has 0 atom stereocenters. The van der Waals surface area contributed by atoms with Crippen molar-refractivity contribution in [2.24, 2.45) is 0 Å². The fourth-order valence-corrected chi connectivity index (χ4v) is 2.10. The fourth-order valence-electron chi connectivity index (χ4n) is 1.93. The second-order valence-corrected chi connectivity index (χ2v) is 4.83. The lowest BCUT2D eigenvalue weighted by molar-refractivity contribution is 0.324. The zero-order valence-corrected chi connectivity index (χ0v) is 13.3. The molecular formula is C17H16ClNO3. The van der Waals surface area contributed by atoms with Gasteiger partial charge in [-0.2, -0.15) is 0 Å². The smallest absolute Gasteiger partial charge is 0.203 e. The molecule has 5 heteroatoms. The lowest BCUT2D eigenvalue weighted by Gasteiger charge is -2.12. The molecular weight excluding hydrogens is 302 g/mol. The molecule has 22 heavy (non-hydrogen) atoms. The number of nitrogen functional groups attached to an aromatic ring is 1. The van der Waals surface area contributed by atoms with E-state index in [-0.39, 0.29) is 0 Å². The van der Waals surface area contributed by atoms with E-state index in [4.69, 9.17) is 31.5 Å². The summed E-state index contributed by atoms with van der Waals surface area (Å²) < 4.78 is 15.9. The van der Waals surface area contributed by atoms with Crippen LogP contribution in [0.1, 0.15) is 11.1 Å². The minimum absolute atomic E-state index is 0.526. The van der Waals surface area contributed by atoms with Crippen LogP contribution in [0.4, 0.5) is 5.69 Å². The summed E-state index contributed by atoms with van der Waals surface area (Å²) in [6.45, 7) is 0. The van der Waals surface area contributed by atoms with Crippen LogP contribution >= 0.6 is 11.6 Å². The molecule has 114 valence electrons. The molecule has 0 radical (unpaired) electrons. The molecule has 0 saturated carbocycles. The van der Waals surface area contributed by atoms with Crippen molar-refractivity contribution in [1.82, 2.24) is 0 Å². The van der Waals surface area contributed by atoms with Crippen LogP contribution in [0, 0.1) is 11.8 Å². The van der Waals surface area contributed by atoms with E-state index in [1.165, 1.54) is 0 Å². The normalized spacial score (nSPS) is 9.64. The van der Waals surface area contributed by atoms with Gasteiger partial charge in [0.1, 0.15) is 0 Å². The molecule has 0 aliphatic heterocycles. The first-order chi connectivity index (χ1) is 10.6. The number of hydrogen-bond donors (Lipinski definition) is 1. The van der Waals surface area contributed by atoms with Crippen LogP contribution in [0.15, 0.2) is 30.3 Å². The van der Waals surface area contributed by atoms with Crippen LogP contribution in [-0.2, 0) is 0 Å². The Morgan fingerprint density at radius 3 is 2.09 bits per heavy atom. The Bertz CT molecular complexity index is 722. The van der Waals surface area contributed by atoms with Crippen LogP contribution in [0.3, 0.4) is 0 Å². The van der Waals surface area contributed by atoms with Gasteiger partial charge in [-0.3, -0.25) is 0 Å². The number of ether oxygens (including phenoxy) is 3. The maximum Gasteiger partial charge on any atom is 0.203 e. The van der Waals surface area contributed by atoms with Gasteiger partial charge in [-0.25, -0.2) is 0 Å². The predicted octanol–water partition coefficient (Wildman–Crippen LogP) is 3.35. The number of anilines is 1. The summed E-state index contributed by atoms with van der Waals surface area (Å²) >= 11 is 5.95. The molecule has 0 amide bonds. The number of methoxy groups -OCH3 is 3. The quantitative estimate of drug-likeness (QED) is 0.697. The van der Waals surface area contributed by atoms with E-state index in [1.807, 2.05) is 0 Å². The van der Waals surface area contributed by atoms with Crippen molar-refractivity contribution in [1.29, 1.82) is 0 Å². The lowest BCUT2D eigenvalue weighted by atomic mass is 10.1. The average molecular weight is 318 g/mol. The third-order valence-electron chi connectivity index (χ3n) is 3.02. The third kappa shape index (κ3) is 3.38. The van der Waals surface area contributed by atoms with E-state index in [9.17, 15) is 0 Å². The molecule has 0 spiro atoms. The molecule has 2 aromatic rings. The van der Waals surface area contributed by atoms with Crippen molar-refractivity contribution < 1.29 is 14.2 Å². The highest BCUT2D eigenvalue weighted by atomic mass is 35.5. The molecule has 2 N–H and O–H groups in total. The Kier molecular flexibility index (Phi) is 5.03. The molecule has 0 aliphatic carbocycles. The van der Waals surface area contributed by atoms with E-state index < -0.39 is 0 Å². The lowest BCUT2D eigenvalue weighted by Crippen LogP contribution is -1.96. The van der Waals surface area contributed by atoms with Gasteiger partial charge in [0, 0.05) is 21.8 Å². The van der Waals surface area contributed by atoms with Gasteiger partial charge in [0.2, 0.25) is 5.75 Å². The summed E-state index contributed by atoms with van der Waals surface area (Å²) in [4.78, 5) is 0. The van der Waals surface area contributed by atoms with E-state index in [1.54, 1.807) is 51.7 Å². The first kappa shape index (κ1) is 15.9. The third-order valence-corrected chi connectivity index (χ3v) is 3.26. The highest BCUT2D eigenvalue weighted by Crippen LogP contribution is 2.37. The second kappa shape index (κ2) is 6.97. The minimum Gasteiger partial charge on any atom is -0.493 e. The van der Waals surface area contributed by atoms with Gasteiger partial charge in [0.25, 0.3) is 0 Å². The monoisotopic (exact) mass is 317 g/mol. The summed E-state index contributed by atoms with van der Waals surface area (Å²) in [6, 6.07) is 8.72. The number of rotatable bonds is 3. The summed E-state index contributed by atoms with van der Waals surface area (Å²) in [7, 11) is 4.67. The Hall–Kier alpha value is -2.51. The van der Waals surface area contributed by atoms with Crippen molar-refractivity contribution in [2.75, 3.05) is 27.1 Å². The summed E-state index contributed by atoms with van der Waals surface area (Å²) in [5.41, 5.74) is 7.84. The van der Waals surface area contributed by atoms with Crippen molar-refractivity contribution >= 4 is 17.3 Å². The standard InChI is InChI=1S/C17H16ClNO3/c1-20-15-8-11(9-16(21-2)17(15)22-3)4-5-12-10-13(18)6-7-14(12)19/h6-10H,19H2,1-3H3. The van der Waals surface area contributed by atoms with Gasteiger partial charge in [0.15, 0.2) is 11.5 Å². The minimum atomic E-state index is 0.526. The Balaban J connectivity index is 2.46. The molecule has 0 bridgehead atoms. The van der Waals surface area contributed by atoms with E-state index in [0.29, 0.717) is 39.1 Å².